The van der Waals surface area contributed by atoms with Crippen LogP contribution in [0, 0.1) is 5.92 Å². The molecule has 0 aliphatic heterocycles. The Bertz CT molecular complexity index is 682. The fraction of sp³-hybridized carbons (Fsp3) is 0.429. The zero-order valence-electron chi connectivity index (χ0n) is 11.9. The van der Waals surface area contributed by atoms with Gasteiger partial charge in [-0.25, -0.2) is 18.4 Å². The van der Waals surface area contributed by atoms with Crippen molar-refractivity contribution >= 4 is 21.9 Å². The summed E-state index contributed by atoms with van der Waals surface area (Å²) in [5, 5.41) is 16.6. The number of amides is 1. The third-order valence-corrected chi connectivity index (χ3v) is 4.16. The predicted octanol–water partition coefficient (Wildman–Crippen LogP) is 0.458. The molecule has 1 saturated carbocycles. The molecule has 7 nitrogen and oxygen atoms in total. The Morgan fingerprint density at radius 2 is 2.05 bits per heavy atom. The lowest BCUT2D eigenvalue weighted by Crippen LogP contribution is -2.41. The third-order valence-electron chi connectivity index (χ3n) is 3.43. The minimum atomic E-state index is -3.69. The van der Waals surface area contributed by atoms with Crippen LogP contribution in [0.25, 0.3) is 0 Å². The van der Waals surface area contributed by atoms with E-state index in [1.54, 1.807) is 6.07 Å². The van der Waals surface area contributed by atoms with Crippen LogP contribution >= 0.6 is 0 Å². The summed E-state index contributed by atoms with van der Waals surface area (Å²) >= 11 is 0. The molecule has 120 valence electrons. The Kier molecular flexibility index (Phi) is 4.82. The smallest absolute Gasteiger partial charge is 0.326 e. The highest BCUT2D eigenvalue weighted by Gasteiger charge is 2.30. The molecule has 2 rings (SSSR count). The van der Waals surface area contributed by atoms with Gasteiger partial charge in [0, 0.05) is 5.56 Å². The molecule has 0 heterocycles. The van der Waals surface area contributed by atoms with Crippen molar-refractivity contribution in [1.29, 1.82) is 0 Å². The maximum absolute atomic E-state index is 12.1. The van der Waals surface area contributed by atoms with Crippen LogP contribution in [0.1, 0.15) is 35.2 Å². The van der Waals surface area contributed by atoms with Gasteiger partial charge >= 0.3 is 5.97 Å². The summed E-state index contributed by atoms with van der Waals surface area (Å²) in [6, 6.07) is 5.04. The zero-order valence-corrected chi connectivity index (χ0v) is 12.7. The highest BCUT2D eigenvalue weighted by molar-refractivity contribution is 7.88. The summed E-state index contributed by atoms with van der Waals surface area (Å²) in [7, 11) is -3.69. The lowest BCUT2D eigenvalue weighted by Gasteiger charge is -2.14. The number of benzene rings is 1. The molecule has 0 spiro atoms. The van der Waals surface area contributed by atoms with Gasteiger partial charge in [0.1, 0.15) is 6.04 Å². The van der Waals surface area contributed by atoms with Crippen LogP contribution in [0.4, 0.5) is 0 Å². The number of nitrogens with two attached hydrogens (primary N) is 1. The number of carbonyl (C=O) groups excluding carboxylic acids is 1. The van der Waals surface area contributed by atoms with E-state index in [-0.39, 0.29) is 11.3 Å². The van der Waals surface area contributed by atoms with Gasteiger partial charge in [0.25, 0.3) is 5.91 Å². The van der Waals surface area contributed by atoms with Crippen LogP contribution in [-0.4, -0.2) is 31.4 Å². The largest absolute Gasteiger partial charge is 0.480 e. The van der Waals surface area contributed by atoms with Crippen molar-refractivity contribution in [3.8, 4) is 0 Å². The lowest BCUT2D eigenvalue weighted by atomic mass is 10.1. The molecule has 8 heteroatoms. The van der Waals surface area contributed by atoms with E-state index in [0.29, 0.717) is 17.9 Å². The number of carboxylic acid groups (broad SMARTS) is 1. The predicted molar refractivity (Wildman–Crippen MR) is 79.5 cm³/mol. The van der Waals surface area contributed by atoms with E-state index in [1.807, 2.05) is 0 Å². The molecule has 1 aliphatic rings. The van der Waals surface area contributed by atoms with Crippen molar-refractivity contribution in [2.75, 3.05) is 0 Å². The van der Waals surface area contributed by atoms with E-state index < -0.39 is 27.9 Å². The maximum Gasteiger partial charge on any atom is 0.326 e. The Morgan fingerprint density at radius 1 is 1.36 bits per heavy atom. The molecule has 0 radical (unpaired) electrons. The number of hydrogen-bond donors (Lipinski definition) is 3. The molecule has 1 aliphatic carbocycles. The normalized spacial score (nSPS) is 16.0. The average molecular weight is 326 g/mol. The number of carbonyl (C=O) groups is 2. The van der Waals surface area contributed by atoms with Gasteiger partial charge in [0.05, 0.1) is 5.75 Å². The molecule has 0 aromatic heterocycles. The monoisotopic (exact) mass is 326 g/mol. The molecule has 0 saturated heterocycles. The van der Waals surface area contributed by atoms with Crippen molar-refractivity contribution in [2.24, 2.45) is 11.1 Å². The molecule has 0 bridgehead atoms. The average Bonchev–Trinajstić information content (AvgIpc) is 3.20. The molecule has 1 unspecified atom stereocenters. The number of sulfonamides is 1. The van der Waals surface area contributed by atoms with E-state index in [9.17, 15) is 18.0 Å². The molecular formula is C14H18N2O5S. The first kappa shape index (κ1) is 16.4. The number of carboxylic acids is 1. The first-order valence-corrected chi connectivity index (χ1v) is 8.59. The Hall–Kier alpha value is -1.93. The van der Waals surface area contributed by atoms with Gasteiger partial charge in [-0.2, -0.15) is 0 Å². The van der Waals surface area contributed by atoms with Crippen LogP contribution in [0.15, 0.2) is 24.3 Å². The quantitative estimate of drug-likeness (QED) is 0.671. The van der Waals surface area contributed by atoms with Gasteiger partial charge in [-0.15, -0.1) is 0 Å². The summed E-state index contributed by atoms with van der Waals surface area (Å²) in [5.41, 5.74) is 0.590. The summed E-state index contributed by atoms with van der Waals surface area (Å²) in [6.07, 6.45) is 2.39. The number of hydrogen-bond acceptors (Lipinski definition) is 4. The topological polar surface area (TPSA) is 127 Å². The molecule has 4 N–H and O–H groups in total. The first-order chi connectivity index (χ1) is 10.2. The van der Waals surface area contributed by atoms with E-state index in [1.165, 1.54) is 18.2 Å². The van der Waals surface area contributed by atoms with Gasteiger partial charge < -0.3 is 10.4 Å². The minimum absolute atomic E-state index is 0.211. The van der Waals surface area contributed by atoms with E-state index >= 15 is 0 Å². The molecular weight excluding hydrogens is 308 g/mol. The summed E-state index contributed by atoms with van der Waals surface area (Å²) in [5.74, 6) is -1.63. The second-order valence-corrected chi connectivity index (χ2v) is 7.17. The fourth-order valence-electron chi connectivity index (χ4n) is 2.18. The molecule has 1 atom stereocenters. The van der Waals surface area contributed by atoms with Crippen LogP contribution < -0.4 is 10.5 Å². The van der Waals surface area contributed by atoms with E-state index in [0.717, 1.165) is 12.8 Å². The van der Waals surface area contributed by atoms with Crippen LogP contribution in [0.3, 0.4) is 0 Å². The Labute approximate surface area is 128 Å². The van der Waals surface area contributed by atoms with Crippen LogP contribution in [0.5, 0.6) is 0 Å². The molecule has 22 heavy (non-hydrogen) atoms. The van der Waals surface area contributed by atoms with Crippen molar-refractivity contribution in [1.82, 2.24) is 5.32 Å². The molecule has 1 aromatic rings. The highest BCUT2D eigenvalue weighted by atomic mass is 32.2. The fourth-order valence-corrected chi connectivity index (χ4v) is 2.83. The summed E-state index contributed by atoms with van der Waals surface area (Å²) in [4.78, 5) is 23.3. The van der Waals surface area contributed by atoms with Gasteiger partial charge in [0.2, 0.25) is 10.0 Å². The molecule has 1 fully saturated rings. The standard InChI is InChI=1S/C14H18N2O5S/c15-22(20,21)8-10-2-1-3-11(6-10)13(17)16-12(14(18)19)7-9-4-5-9/h1-3,6,9,12H,4-5,7-8H2,(H,16,17)(H,18,19)(H2,15,20,21). The van der Waals surface area contributed by atoms with E-state index in [2.05, 4.69) is 5.32 Å². The second-order valence-electron chi connectivity index (χ2n) is 5.55. The summed E-state index contributed by atoms with van der Waals surface area (Å²) < 4.78 is 22.2. The van der Waals surface area contributed by atoms with Crippen LogP contribution in [-0.2, 0) is 20.6 Å². The van der Waals surface area contributed by atoms with E-state index in [4.69, 9.17) is 10.2 Å². The van der Waals surface area contributed by atoms with Gasteiger partial charge in [0.15, 0.2) is 0 Å². The highest BCUT2D eigenvalue weighted by Crippen LogP contribution is 2.33. The maximum atomic E-state index is 12.1. The number of rotatable bonds is 7. The molecule has 1 amide bonds. The Morgan fingerprint density at radius 3 is 2.59 bits per heavy atom. The van der Waals surface area contributed by atoms with Gasteiger partial charge in [-0.1, -0.05) is 25.0 Å². The second kappa shape index (κ2) is 6.45. The van der Waals surface area contributed by atoms with Crippen molar-refractivity contribution in [2.45, 2.75) is 31.1 Å². The minimum Gasteiger partial charge on any atom is -0.480 e. The zero-order chi connectivity index (χ0) is 16.3. The van der Waals surface area contributed by atoms with Gasteiger partial charge in [-0.05, 0) is 30.0 Å². The van der Waals surface area contributed by atoms with Crippen molar-refractivity contribution in [3.63, 3.8) is 0 Å². The SMILES string of the molecule is NS(=O)(=O)Cc1cccc(C(=O)NC(CC2CC2)C(=O)O)c1. The first-order valence-electron chi connectivity index (χ1n) is 6.87. The summed E-state index contributed by atoms with van der Waals surface area (Å²) in [6.45, 7) is 0. The number of primary sulfonamides is 1. The van der Waals surface area contributed by atoms with Crippen LogP contribution in [0.2, 0.25) is 0 Å². The number of nitrogens with one attached hydrogen (secondary N) is 1. The number of aliphatic carboxylic acids is 1. The molecule has 1 aromatic carbocycles. The van der Waals surface area contributed by atoms with Crippen molar-refractivity contribution < 1.29 is 23.1 Å². The van der Waals surface area contributed by atoms with Crippen molar-refractivity contribution in [3.05, 3.63) is 35.4 Å². The van der Waals surface area contributed by atoms with Gasteiger partial charge in [-0.3, -0.25) is 4.79 Å². The third kappa shape index (κ3) is 5.12. The lowest BCUT2D eigenvalue weighted by molar-refractivity contribution is -0.139. The Balaban J connectivity index is 2.07.